The molecule has 3 heterocycles. The zero-order valence-corrected chi connectivity index (χ0v) is 16.3. The first kappa shape index (κ1) is 16.4. The van der Waals surface area contributed by atoms with Gasteiger partial charge in [0.2, 0.25) is 0 Å². The molecule has 1 atom stereocenters. The Morgan fingerprint density at radius 1 is 1.00 bits per heavy atom. The number of benzene rings is 2. The first-order chi connectivity index (χ1) is 14.3. The highest BCUT2D eigenvalue weighted by atomic mass is 15.0. The van der Waals surface area contributed by atoms with Crippen LogP contribution in [-0.2, 0) is 0 Å². The van der Waals surface area contributed by atoms with Crippen LogP contribution < -0.4 is 10.6 Å². The number of hydrogen-bond acceptors (Lipinski definition) is 1. The lowest BCUT2D eigenvalue weighted by Gasteiger charge is -2.09. The third kappa shape index (κ3) is 2.21. The fourth-order valence-electron chi connectivity index (χ4n) is 4.80. The number of rotatable bonds is 2. The van der Waals surface area contributed by atoms with Crippen LogP contribution in [0.4, 0.5) is 0 Å². The smallest absolute Gasteiger partial charge is 0.0645 e. The Balaban J connectivity index is 1.87. The van der Waals surface area contributed by atoms with Crippen molar-refractivity contribution in [3.8, 4) is 5.69 Å². The van der Waals surface area contributed by atoms with Crippen LogP contribution in [0.5, 0.6) is 0 Å². The van der Waals surface area contributed by atoms with Crippen molar-refractivity contribution in [2.24, 2.45) is 5.92 Å². The molecular formula is C26H21N3. The highest BCUT2D eigenvalue weighted by molar-refractivity contribution is 6.13. The van der Waals surface area contributed by atoms with Gasteiger partial charge in [-0.05, 0) is 42.7 Å². The zero-order chi connectivity index (χ0) is 19.5. The average molecular weight is 375 g/mol. The SMILES string of the molecule is C=Cn1c2ccccc2c2cc3c(cc21)c1c(n3-c2cccnc2)=CC(C)CC=1. The Hall–Kier alpha value is -3.59. The van der Waals surface area contributed by atoms with Crippen LogP contribution >= 0.6 is 0 Å². The van der Waals surface area contributed by atoms with E-state index in [0.717, 1.165) is 12.1 Å². The van der Waals surface area contributed by atoms with Crippen molar-refractivity contribution >= 4 is 51.1 Å². The number of pyridine rings is 1. The quantitative estimate of drug-likeness (QED) is 0.433. The molecule has 6 rings (SSSR count). The van der Waals surface area contributed by atoms with Gasteiger partial charge in [-0.2, -0.15) is 0 Å². The Kier molecular flexibility index (Phi) is 3.36. The molecule has 3 nitrogen and oxygen atoms in total. The zero-order valence-electron chi connectivity index (χ0n) is 16.3. The third-order valence-electron chi connectivity index (χ3n) is 6.10. The molecule has 0 fully saturated rings. The summed E-state index contributed by atoms with van der Waals surface area (Å²) in [6, 6.07) is 17.4. The number of fused-ring (bicyclic) bond motifs is 6. The van der Waals surface area contributed by atoms with Crippen molar-refractivity contribution in [2.45, 2.75) is 13.3 Å². The van der Waals surface area contributed by atoms with Crippen LogP contribution in [0.3, 0.4) is 0 Å². The summed E-state index contributed by atoms with van der Waals surface area (Å²) in [6.07, 6.45) is 11.6. The topological polar surface area (TPSA) is 22.8 Å². The second kappa shape index (κ2) is 5.95. The van der Waals surface area contributed by atoms with E-state index in [9.17, 15) is 0 Å². The van der Waals surface area contributed by atoms with E-state index in [1.807, 2.05) is 24.7 Å². The van der Waals surface area contributed by atoms with E-state index >= 15 is 0 Å². The molecular weight excluding hydrogens is 354 g/mol. The molecule has 3 heteroatoms. The van der Waals surface area contributed by atoms with Gasteiger partial charge < -0.3 is 9.13 Å². The van der Waals surface area contributed by atoms with Gasteiger partial charge in [0.15, 0.2) is 0 Å². The lowest BCUT2D eigenvalue weighted by atomic mass is 10.0. The van der Waals surface area contributed by atoms with E-state index in [-0.39, 0.29) is 0 Å². The molecule has 0 aliphatic heterocycles. The standard InChI is InChI=1S/C26H21N3/c1-3-28-23-9-5-4-8-19(23)21-15-26-22(14-24(21)28)20-11-10-17(2)13-25(20)29(26)18-7-6-12-27-16-18/h3-9,11-17H,1,10H2,2H3. The van der Waals surface area contributed by atoms with Gasteiger partial charge in [-0.15, -0.1) is 0 Å². The van der Waals surface area contributed by atoms with Gasteiger partial charge in [0.05, 0.1) is 33.8 Å². The first-order valence-corrected chi connectivity index (χ1v) is 10.1. The van der Waals surface area contributed by atoms with Gasteiger partial charge in [-0.3, -0.25) is 4.98 Å². The molecule has 0 N–H and O–H groups in total. The van der Waals surface area contributed by atoms with Crippen LogP contribution in [0.25, 0.3) is 56.7 Å². The molecule has 140 valence electrons. The molecule has 0 amide bonds. The summed E-state index contributed by atoms with van der Waals surface area (Å²) in [7, 11) is 0. The molecule has 0 bridgehead atoms. The summed E-state index contributed by atoms with van der Waals surface area (Å²) in [6.45, 7) is 6.35. The van der Waals surface area contributed by atoms with Crippen LogP contribution in [0, 0.1) is 5.92 Å². The predicted octanol–water partition coefficient (Wildman–Crippen LogP) is 4.83. The van der Waals surface area contributed by atoms with Crippen molar-refractivity contribution in [3.05, 3.63) is 78.1 Å². The minimum atomic E-state index is 0.527. The van der Waals surface area contributed by atoms with Gasteiger partial charge in [-0.1, -0.05) is 43.9 Å². The highest BCUT2D eigenvalue weighted by Crippen LogP contribution is 2.32. The second-order valence-electron chi connectivity index (χ2n) is 7.89. The van der Waals surface area contributed by atoms with Crippen LogP contribution in [0.15, 0.2) is 67.5 Å². The number of para-hydroxylation sites is 1. The summed E-state index contributed by atoms with van der Waals surface area (Å²) >= 11 is 0. The van der Waals surface area contributed by atoms with Crippen LogP contribution in [0.1, 0.15) is 13.3 Å². The lowest BCUT2D eigenvalue weighted by molar-refractivity contribution is 0.792. The van der Waals surface area contributed by atoms with E-state index in [1.54, 1.807) is 0 Å². The maximum atomic E-state index is 4.38. The van der Waals surface area contributed by atoms with Gasteiger partial charge in [0.25, 0.3) is 0 Å². The number of aromatic nitrogens is 3. The molecule has 2 aromatic carbocycles. The lowest BCUT2D eigenvalue weighted by Crippen LogP contribution is -2.31. The molecule has 1 aliphatic rings. The molecule has 0 radical (unpaired) electrons. The van der Waals surface area contributed by atoms with E-state index in [4.69, 9.17) is 0 Å². The molecule has 0 spiro atoms. The summed E-state index contributed by atoms with van der Waals surface area (Å²) in [5.74, 6) is 0.527. The number of hydrogen-bond donors (Lipinski definition) is 0. The Labute approximate surface area is 168 Å². The highest BCUT2D eigenvalue weighted by Gasteiger charge is 2.17. The van der Waals surface area contributed by atoms with Crippen molar-refractivity contribution in [1.29, 1.82) is 0 Å². The molecule has 5 aromatic rings. The minimum Gasteiger partial charge on any atom is -0.317 e. The van der Waals surface area contributed by atoms with Gasteiger partial charge in [0, 0.05) is 33.8 Å². The minimum absolute atomic E-state index is 0.527. The van der Waals surface area contributed by atoms with E-state index in [1.165, 1.54) is 43.3 Å². The molecule has 3 aromatic heterocycles. The predicted molar refractivity (Wildman–Crippen MR) is 122 cm³/mol. The van der Waals surface area contributed by atoms with Gasteiger partial charge >= 0.3 is 0 Å². The first-order valence-electron chi connectivity index (χ1n) is 10.1. The third-order valence-corrected chi connectivity index (χ3v) is 6.10. The fraction of sp³-hybridized carbons (Fsp3) is 0.115. The Bertz CT molecular complexity index is 1550. The maximum absolute atomic E-state index is 4.38. The fourth-order valence-corrected chi connectivity index (χ4v) is 4.80. The van der Waals surface area contributed by atoms with Crippen molar-refractivity contribution in [3.63, 3.8) is 0 Å². The maximum Gasteiger partial charge on any atom is 0.0645 e. The van der Waals surface area contributed by atoms with E-state index in [2.05, 4.69) is 82.2 Å². The van der Waals surface area contributed by atoms with E-state index < -0.39 is 0 Å². The summed E-state index contributed by atoms with van der Waals surface area (Å²) in [5.41, 5.74) is 4.72. The van der Waals surface area contributed by atoms with Crippen LogP contribution in [-0.4, -0.2) is 14.1 Å². The average Bonchev–Trinajstić information content (AvgIpc) is 3.24. The summed E-state index contributed by atoms with van der Waals surface area (Å²) in [5, 5.41) is 6.38. The van der Waals surface area contributed by atoms with Crippen molar-refractivity contribution in [1.82, 2.24) is 14.1 Å². The molecule has 0 saturated heterocycles. The molecule has 1 unspecified atom stereocenters. The van der Waals surface area contributed by atoms with E-state index in [0.29, 0.717) is 5.92 Å². The Morgan fingerprint density at radius 3 is 2.69 bits per heavy atom. The largest absolute Gasteiger partial charge is 0.317 e. The van der Waals surface area contributed by atoms with Crippen molar-refractivity contribution in [2.75, 3.05) is 0 Å². The molecule has 1 aliphatic carbocycles. The normalized spacial score (nSPS) is 16.0. The van der Waals surface area contributed by atoms with Gasteiger partial charge in [-0.25, -0.2) is 0 Å². The molecule has 0 saturated carbocycles. The number of nitrogens with zero attached hydrogens (tertiary/aromatic N) is 3. The van der Waals surface area contributed by atoms with Gasteiger partial charge in [0.1, 0.15) is 0 Å². The summed E-state index contributed by atoms with van der Waals surface area (Å²) in [4.78, 5) is 4.38. The monoisotopic (exact) mass is 375 g/mol. The molecule has 29 heavy (non-hydrogen) atoms. The van der Waals surface area contributed by atoms with Crippen molar-refractivity contribution < 1.29 is 0 Å². The summed E-state index contributed by atoms with van der Waals surface area (Å²) < 4.78 is 4.57. The second-order valence-corrected chi connectivity index (χ2v) is 7.89. The Morgan fingerprint density at radius 2 is 1.86 bits per heavy atom. The van der Waals surface area contributed by atoms with Crippen LogP contribution in [0.2, 0.25) is 0 Å².